The summed E-state index contributed by atoms with van der Waals surface area (Å²) >= 11 is 0. The molecule has 86 valence electrons. The quantitative estimate of drug-likeness (QED) is 0.778. The monoisotopic (exact) mass is 225 g/mol. The summed E-state index contributed by atoms with van der Waals surface area (Å²) in [5.74, 6) is 0.156. The summed E-state index contributed by atoms with van der Waals surface area (Å²) in [5, 5.41) is 0. The van der Waals surface area contributed by atoms with Gasteiger partial charge in [0, 0.05) is 18.3 Å². The zero-order valence-corrected chi connectivity index (χ0v) is 9.60. The lowest BCUT2D eigenvalue weighted by Gasteiger charge is -1.95. The van der Waals surface area contributed by atoms with E-state index in [9.17, 15) is 4.79 Å². The molecule has 0 unspecified atom stereocenters. The molecular formula is C15H15NO. The molecule has 2 heteroatoms. The van der Waals surface area contributed by atoms with Gasteiger partial charge in [-0.25, -0.2) is 0 Å². The minimum Gasteiger partial charge on any atom is -0.365 e. The number of hydrogen-bond donors (Lipinski definition) is 1. The number of hydrogen-bond acceptors (Lipinski definition) is 1. The molecule has 2 aromatic rings. The fourth-order valence-corrected chi connectivity index (χ4v) is 1.62. The van der Waals surface area contributed by atoms with Gasteiger partial charge in [0.1, 0.15) is 0 Å². The Labute approximate surface area is 101 Å². The van der Waals surface area contributed by atoms with Gasteiger partial charge in [-0.3, -0.25) is 4.79 Å². The smallest absolute Gasteiger partial charge is 0.156 e. The third-order valence-electron chi connectivity index (χ3n) is 2.56. The number of nitrogens with one attached hydrogen (secondary N) is 1. The third kappa shape index (κ3) is 3.76. The molecule has 1 heterocycles. The van der Waals surface area contributed by atoms with Crippen LogP contribution in [0.5, 0.6) is 0 Å². The van der Waals surface area contributed by atoms with Crippen molar-refractivity contribution < 1.29 is 4.79 Å². The normalized spacial score (nSPS) is 10.8. The second-order valence-electron chi connectivity index (χ2n) is 3.91. The molecule has 0 aliphatic carbocycles. The van der Waals surface area contributed by atoms with Crippen LogP contribution >= 0.6 is 0 Å². The van der Waals surface area contributed by atoms with Crippen molar-refractivity contribution in [2.24, 2.45) is 0 Å². The first-order valence-corrected chi connectivity index (χ1v) is 5.73. The lowest BCUT2D eigenvalue weighted by atomic mass is 10.1. The fraction of sp³-hybridized carbons (Fsp3) is 0.133. The molecule has 0 bridgehead atoms. The number of ketones is 1. The third-order valence-corrected chi connectivity index (χ3v) is 2.56. The van der Waals surface area contributed by atoms with Crippen LogP contribution in [0.25, 0.3) is 6.08 Å². The minimum absolute atomic E-state index is 0.156. The van der Waals surface area contributed by atoms with Crippen molar-refractivity contribution in [1.82, 2.24) is 4.98 Å². The van der Waals surface area contributed by atoms with E-state index in [1.54, 1.807) is 6.08 Å². The van der Waals surface area contributed by atoms with Gasteiger partial charge in [-0.15, -0.1) is 0 Å². The first-order valence-electron chi connectivity index (χ1n) is 5.73. The van der Waals surface area contributed by atoms with Gasteiger partial charge in [0.25, 0.3) is 0 Å². The van der Waals surface area contributed by atoms with Crippen LogP contribution < -0.4 is 0 Å². The number of aromatic amines is 1. The highest BCUT2D eigenvalue weighted by molar-refractivity contribution is 5.93. The molecule has 2 rings (SSSR count). The standard InChI is InChI=1S/C15H15NO/c17-15(11-9-14-7-4-12-16-14)10-8-13-5-2-1-3-6-13/h1-8,10,12,16H,9,11H2/b10-8+. The number of H-pyrrole nitrogens is 1. The number of allylic oxidation sites excluding steroid dienone is 1. The number of benzene rings is 1. The Morgan fingerprint density at radius 2 is 1.94 bits per heavy atom. The number of aromatic nitrogens is 1. The zero-order valence-electron chi connectivity index (χ0n) is 9.60. The van der Waals surface area contributed by atoms with Crippen molar-refractivity contribution in [2.45, 2.75) is 12.8 Å². The van der Waals surface area contributed by atoms with Crippen molar-refractivity contribution in [1.29, 1.82) is 0 Å². The largest absolute Gasteiger partial charge is 0.365 e. The first-order chi connectivity index (χ1) is 8.34. The molecule has 0 atom stereocenters. The molecule has 1 N–H and O–H groups in total. The molecule has 1 aromatic heterocycles. The fourth-order valence-electron chi connectivity index (χ4n) is 1.62. The van der Waals surface area contributed by atoms with Gasteiger partial charge >= 0.3 is 0 Å². The number of carbonyl (C=O) groups is 1. The van der Waals surface area contributed by atoms with Crippen molar-refractivity contribution in [3.63, 3.8) is 0 Å². The molecule has 2 nitrogen and oxygen atoms in total. The molecule has 0 fully saturated rings. The Morgan fingerprint density at radius 1 is 1.12 bits per heavy atom. The van der Waals surface area contributed by atoms with Gasteiger partial charge in [-0.05, 0) is 30.2 Å². The van der Waals surface area contributed by atoms with Crippen molar-refractivity contribution in [3.05, 3.63) is 66.0 Å². The van der Waals surface area contributed by atoms with Gasteiger partial charge in [0.15, 0.2) is 5.78 Å². The van der Waals surface area contributed by atoms with E-state index in [2.05, 4.69) is 4.98 Å². The maximum atomic E-state index is 11.6. The topological polar surface area (TPSA) is 32.9 Å². The molecule has 1 aromatic carbocycles. The number of carbonyl (C=O) groups excluding carboxylic acids is 1. The van der Waals surface area contributed by atoms with Gasteiger partial charge in [0.2, 0.25) is 0 Å². The van der Waals surface area contributed by atoms with E-state index in [1.165, 1.54) is 0 Å². The van der Waals surface area contributed by atoms with E-state index in [0.29, 0.717) is 6.42 Å². The lowest BCUT2D eigenvalue weighted by molar-refractivity contribution is -0.114. The van der Waals surface area contributed by atoms with Crippen molar-refractivity contribution in [2.75, 3.05) is 0 Å². The van der Waals surface area contributed by atoms with Gasteiger partial charge < -0.3 is 4.98 Å². The Balaban J connectivity index is 1.83. The van der Waals surface area contributed by atoms with Crippen LogP contribution in [0.3, 0.4) is 0 Å². The second kappa shape index (κ2) is 5.85. The van der Waals surface area contributed by atoms with Crippen LogP contribution in [0.2, 0.25) is 0 Å². The predicted molar refractivity (Wildman–Crippen MR) is 69.6 cm³/mol. The minimum atomic E-state index is 0.156. The van der Waals surface area contributed by atoms with Crippen molar-refractivity contribution in [3.8, 4) is 0 Å². The number of aryl methyl sites for hydroxylation is 1. The second-order valence-corrected chi connectivity index (χ2v) is 3.91. The molecule has 0 aliphatic rings. The maximum Gasteiger partial charge on any atom is 0.156 e. The average Bonchev–Trinajstić information content (AvgIpc) is 2.88. The molecule has 0 saturated carbocycles. The average molecular weight is 225 g/mol. The summed E-state index contributed by atoms with van der Waals surface area (Å²) in [6.07, 6.45) is 6.70. The summed E-state index contributed by atoms with van der Waals surface area (Å²) < 4.78 is 0. The summed E-state index contributed by atoms with van der Waals surface area (Å²) in [5.41, 5.74) is 2.16. The molecule has 17 heavy (non-hydrogen) atoms. The summed E-state index contributed by atoms with van der Waals surface area (Å²) in [4.78, 5) is 14.7. The number of rotatable bonds is 5. The summed E-state index contributed by atoms with van der Waals surface area (Å²) in [6.45, 7) is 0. The van der Waals surface area contributed by atoms with E-state index in [-0.39, 0.29) is 5.78 Å². The molecule has 0 saturated heterocycles. The molecule has 0 spiro atoms. The maximum absolute atomic E-state index is 11.6. The highest BCUT2D eigenvalue weighted by Crippen LogP contribution is 2.04. The van der Waals surface area contributed by atoms with Crippen LogP contribution in [0.15, 0.2) is 54.7 Å². The Bertz CT molecular complexity index is 483. The van der Waals surface area contributed by atoms with Crippen LogP contribution in [-0.2, 0) is 11.2 Å². The SMILES string of the molecule is O=C(/C=C/c1ccccc1)CCc1ccc[nH]1. The Hall–Kier alpha value is -2.09. The van der Waals surface area contributed by atoms with E-state index in [0.717, 1.165) is 17.7 Å². The Kier molecular flexibility index (Phi) is 3.92. The van der Waals surface area contributed by atoms with Crippen molar-refractivity contribution >= 4 is 11.9 Å². The van der Waals surface area contributed by atoms with Gasteiger partial charge in [-0.2, -0.15) is 0 Å². The van der Waals surface area contributed by atoms with E-state index < -0.39 is 0 Å². The molecule has 0 radical (unpaired) electrons. The van der Waals surface area contributed by atoms with E-state index in [1.807, 2.05) is 54.7 Å². The Morgan fingerprint density at radius 3 is 2.65 bits per heavy atom. The van der Waals surface area contributed by atoms with Crippen LogP contribution in [0.1, 0.15) is 17.7 Å². The zero-order chi connectivity index (χ0) is 11.9. The van der Waals surface area contributed by atoms with Crippen LogP contribution in [-0.4, -0.2) is 10.8 Å². The highest BCUT2D eigenvalue weighted by Gasteiger charge is 1.98. The van der Waals surface area contributed by atoms with Crippen LogP contribution in [0, 0.1) is 0 Å². The summed E-state index contributed by atoms with van der Waals surface area (Å²) in [6, 6.07) is 13.8. The van der Waals surface area contributed by atoms with Gasteiger partial charge in [0.05, 0.1) is 0 Å². The highest BCUT2D eigenvalue weighted by atomic mass is 16.1. The summed E-state index contributed by atoms with van der Waals surface area (Å²) in [7, 11) is 0. The first kappa shape index (κ1) is 11.4. The van der Waals surface area contributed by atoms with Crippen LogP contribution in [0.4, 0.5) is 0 Å². The van der Waals surface area contributed by atoms with Gasteiger partial charge in [-0.1, -0.05) is 36.4 Å². The molecule has 0 aliphatic heterocycles. The molecule has 0 amide bonds. The van der Waals surface area contributed by atoms with E-state index in [4.69, 9.17) is 0 Å². The molecular weight excluding hydrogens is 210 g/mol. The lowest BCUT2D eigenvalue weighted by Crippen LogP contribution is -1.95. The predicted octanol–water partition coefficient (Wildman–Crippen LogP) is 3.23. The van der Waals surface area contributed by atoms with E-state index >= 15 is 0 Å².